The summed E-state index contributed by atoms with van der Waals surface area (Å²) in [6.07, 6.45) is 5.86. The minimum Gasteiger partial charge on any atom is -0.481 e. The van der Waals surface area contributed by atoms with Gasteiger partial charge in [0.25, 0.3) is 0 Å². The van der Waals surface area contributed by atoms with Crippen LogP contribution in [0.25, 0.3) is 0 Å². The van der Waals surface area contributed by atoms with Gasteiger partial charge in [0, 0.05) is 24.2 Å². The van der Waals surface area contributed by atoms with Crippen molar-refractivity contribution in [2.24, 2.45) is 0 Å². The fourth-order valence-electron chi connectivity index (χ4n) is 2.40. The lowest BCUT2D eigenvalue weighted by molar-refractivity contribution is 0.395. The van der Waals surface area contributed by atoms with E-state index >= 15 is 0 Å². The first-order valence-electron chi connectivity index (χ1n) is 7.38. The van der Waals surface area contributed by atoms with Gasteiger partial charge in [0.05, 0.1) is 7.11 Å². The standard InChI is InChI=1S/C17H23N3O/c1-18-15(10-6-9-14-7-4-3-5-8-14)11-16-12-17(21-2)20-13-19-16/h3-5,7-8,12-13,15,18H,6,9-11H2,1-2H3. The highest BCUT2D eigenvalue weighted by Crippen LogP contribution is 2.12. The molecule has 1 aromatic heterocycles. The summed E-state index contributed by atoms with van der Waals surface area (Å²) in [6.45, 7) is 0. The van der Waals surface area contributed by atoms with Crippen molar-refractivity contribution < 1.29 is 4.74 Å². The third-order valence-electron chi connectivity index (χ3n) is 3.63. The molecule has 1 atom stereocenters. The summed E-state index contributed by atoms with van der Waals surface area (Å²) in [5.74, 6) is 0.624. The zero-order chi connectivity index (χ0) is 14.9. The number of ether oxygens (including phenoxy) is 1. The lowest BCUT2D eigenvalue weighted by Crippen LogP contribution is -2.28. The molecule has 21 heavy (non-hydrogen) atoms. The highest BCUT2D eigenvalue weighted by Gasteiger charge is 2.09. The van der Waals surface area contributed by atoms with Gasteiger partial charge in [0.1, 0.15) is 6.33 Å². The van der Waals surface area contributed by atoms with Crippen LogP contribution in [0.5, 0.6) is 5.88 Å². The highest BCUT2D eigenvalue weighted by molar-refractivity contribution is 5.15. The molecule has 0 fully saturated rings. The minimum absolute atomic E-state index is 0.424. The monoisotopic (exact) mass is 285 g/mol. The second kappa shape index (κ2) is 8.37. The summed E-state index contributed by atoms with van der Waals surface area (Å²) >= 11 is 0. The smallest absolute Gasteiger partial charge is 0.216 e. The van der Waals surface area contributed by atoms with Gasteiger partial charge < -0.3 is 10.1 Å². The summed E-state index contributed by atoms with van der Waals surface area (Å²) in [5.41, 5.74) is 2.41. The Morgan fingerprint density at radius 2 is 2.00 bits per heavy atom. The van der Waals surface area contributed by atoms with E-state index in [4.69, 9.17) is 4.74 Å². The predicted octanol–water partition coefficient (Wildman–Crippen LogP) is 2.64. The molecule has 0 radical (unpaired) electrons. The number of likely N-dealkylation sites (N-methyl/N-ethyl adjacent to an activating group) is 1. The molecule has 1 N–H and O–H groups in total. The number of hydrogen-bond acceptors (Lipinski definition) is 4. The Balaban J connectivity index is 1.82. The molecule has 0 amide bonds. The average Bonchev–Trinajstić information content (AvgIpc) is 2.55. The third kappa shape index (κ3) is 5.16. The number of methoxy groups -OCH3 is 1. The maximum Gasteiger partial charge on any atom is 0.216 e. The molecule has 0 aliphatic carbocycles. The lowest BCUT2D eigenvalue weighted by atomic mass is 10.0. The fourth-order valence-corrected chi connectivity index (χ4v) is 2.40. The molecule has 0 spiro atoms. The van der Waals surface area contributed by atoms with E-state index in [0.29, 0.717) is 11.9 Å². The van der Waals surface area contributed by atoms with E-state index in [1.54, 1.807) is 13.4 Å². The largest absolute Gasteiger partial charge is 0.481 e. The van der Waals surface area contributed by atoms with E-state index in [0.717, 1.165) is 31.4 Å². The van der Waals surface area contributed by atoms with Crippen LogP contribution in [0.1, 0.15) is 24.1 Å². The van der Waals surface area contributed by atoms with Crippen molar-refractivity contribution >= 4 is 0 Å². The Kier molecular flexibility index (Phi) is 6.16. The van der Waals surface area contributed by atoms with Crippen molar-refractivity contribution in [1.82, 2.24) is 15.3 Å². The summed E-state index contributed by atoms with van der Waals surface area (Å²) in [5, 5.41) is 3.37. The molecule has 1 aromatic carbocycles. The molecule has 2 aromatic rings. The maximum absolute atomic E-state index is 5.14. The van der Waals surface area contributed by atoms with Crippen LogP contribution in [-0.2, 0) is 12.8 Å². The summed E-state index contributed by atoms with van der Waals surface area (Å²) in [7, 11) is 3.63. The Bertz CT molecular complexity index is 531. The fraction of sp³-hybridized carbons (Fsp3) is 0.412. The van der Waals surface area contributed by atoms with Crippen molar-refractivity contribution in [1.29, 1.82) is 0 Å². The van der Waals surface area contributed by atoms with Crippen LogP contribution in [0.15, 0.2) is 42.7 Å². The Morgan fingerprint density at radius 1 is 1.19 bits per heavy atom. The van der Waals surface area contributed by atoms with Crippen LogP contribution in [0.4, 0.5) is 0 Å². The van der Waals surface area contributed by atoms with Gasteiger partial charge >= 0.3 is 0 Å². The molecule has 1 unspecified atom stereocenters. The van der Waals surface area contributed by atoms with Crippen LogP contribution in [0.3, 0.4) is 0 Å². The highest BCUT2D eigenvalue weighted by atomic mass is 16.5. The molecule has 112 valence electrons. The Morgan fingerprint density at radius 3 is 2.71 bits per heavy atom. The van der Waals surface area contributed by atoms with Crippen molar-refractivity contribution in [2.45, 2.75) is 31.7 Å². The SMILES string of the molecule is CNC(CCCc1ccccc1)Cc1cc(OC)ncn1. The molecule has 0 aliphatic heterocycles. The summed E-state index contributed by atoms with van der Waals surface area (Å²) < 4.78 is 5.14. The topological polar surface area (TPSA) is 47.0 Å². The summed E-state index contributed by atoms with van der Waals surface area (Å²) in [4.78, 5) is 8.35. The minimum atomic E-state index is 0.424. The van der Waals surface area contributed by atoms with E-state index in [9.17, 15) is 0 Å². The number of nitrogens with one attached hydrogen (secondary N) is 1. The van der Waals surface area contributed by atoms with E-state index in [-0.39, 0.29) is 0 Å². The van der Waals surface area contributed by atoms with E-state index in [1.165, 1.54) is 5.56 Å². The molecular weight excluding hydrogens is 262 g/mol. The molecule has 4 nitrogen and oxygen atoms in total. The van der Waals surface area contributed by atoms with Crippen LogP contribution in [0.2, 0.25) is 0 Å². The lowest BCUT2D eigenvalue weighted by Gasteiger charge is -2.15. The van der Waals surface area contributed by atoms with Gasteiger partial charge in [-0.15, -0.1) is 0 Å². The number of aromatic nitrogens is 2. The van der Waals surface area contributed by atoms with Gasteiger partial charge in [-0.1, -0.05) is 30.3 Å². The third-order valence-corrected chi connectivity index (χ3v) is 3.63. The van der Waals surface area contributed by atoms with Crippen LogP contribution in [0, 0.1) is 0 Å². The number of aryl methyl sites for hydroxylation is 1. The molecule has 4 heteroatoms. The Labute approximate surface area is 126 Å². The predicted molar refractivity (Wildman–Crippen MR) is 84.5 cm³/mol. The van der Waals surface area contributed by atoms with Gasteiger partial charge in [-0.25, -0.2) is 9.97 Å². The zero-order valence-electron chi connectivity index (χ0n) is 12.7. The molecule has 0 bridgehead atoms. The molecule has 0 saturated heterocycles. The number of nitrogens with zero attached hydrogens (tertiary/aromatic N) is 2. The van der Waals surface area contributed by atoms with Gasteiger partial charge in [-0.3, -0.25) is 0 Å². The van der Waals surface area contributed by atoms with Crippen molar-refractivity contribution in [3.05, 3.63) is 54.0 Å². The maximum atomic E-state index is 5.14. The van der Waals surface area contributed by atoms with E-state index in [2.05, 4.69) is 45.6 Å². The van der Waals surface area contributed by atoms with E-state index < -0.39 is 0 Å². The number of rotatable bonds is 8. The van der Waals surface area contributed by atoms with E-state index in [1.807, 2.05) is 13.1 Å². The van der Waals surface area contributed by atoms with Gasteiger partial charge in [-0.05, 0) is 31.9 Å². The first-order chi connectivity index (χ1) is 10.3. The first kappa shape index (κ1) is 15.4. The molecule has 0 saturated carbocycles. The van der Waals surface area contributed by atoms with Crippen LogP contribution < -0.4 is 10.1 Å². The van der Waals surface area contributed by atoms with Gasteiger partial charge in [0.15, 0.2) is 0 Å². The zero-order valence-corrected chi connectivity index (χ0v) is 12.7. The van der Waals surface area contributed by atoms with Crippen molar-refractivity contribution in [3.8, 4) is 5.88 Å². The number of benzene rings is 1. The molecule has 0 aliphatic rings. The van der Waals surface area contributed by atoms with Crippen molar-refractivity contribution in [2.75, 3.05) is 14.2 Å². The quantitative estimate of drug-likeness (QED) is 0.810. The van der Waals surface area contributed by atoms with Gasteiger partial charge in [0.2, 0.25) is 5.88 Å². The van der Waals surface area contributed by atoms with Crippen LogP contribution in [-0.4, -0.2) is 30.2 Å². The molecular formula is C17H23N3O. The van der Waals surface area contributed by atoms with Crippen LogP contribution >= 0.6 is 0 Å². The summed E-state index contributed by atoms with van der Waals surface area (Å²) in [6, 6.07) is 12.9. The second-order valence-corrected chi connectivity index (χ2v) is 5.12. The average molecular weight is 285 g/mol. The normalized spacial score (nSPS) is 12.1. The van der Waals surface area contributed by atoms with Gasteiger partial charge in [-0.2, -0.15) is 0 Å². The van der Waals surface area contributed by atoms with Crippen molar-refractivity contribution in [3.63, 3.8) is 0 Å². The second-order valence-electron chi connectivity index (χ2n) is 5.12. The number of hydrogen-bond donors (Lipinski definition) is 1. The molecule has 2 rings (SSSR count). The first-order valence-corrected chi connectivity index (χ1v) is 7.38. The molecule has 1 heterocycles. The Hall–Kier alpha value is -1.94.